The van der Waals surface area contributed by atoms with Crippen LogP contribution in [0.3, 0.4) is 0 Å². The Labute approximate surface area is 171 Å². The molecule has 29 heavy (non-hydrogen) atoms. The van der Waals surface area contributed by atoms with Gasteiger partial charge in [0.15, 0.2) is 5.78 Å². The molecule has 0 fully saturated rings. The Hall–Kier alpha value is -2.95. The maximum atomic E-state index is 12.8. The van der Waals surface area contributed by atoms with E-state index in [-0.39, 0.29) is 16.7 Å². The molecule has 0 amide bonds. The van der Waals surface area contributed by atoms with Crippen molar-refractivity contribution >= 4 is 17.7 Å². The van der Waals surface area contributed by atoms with Crippen molar-refractivity contribution in [2.24, 2.45) is 11.3 Å². The summed E-state index contributed by atoms with van der Waals surface area (Å²) in [4.78, 5) is 35.5. The molecule has 0 spiro atoms. The number of carboxylic acid groups (broad SMARTS) is 2. The van der Waals surface area contributed by atoms with E-state index in [0.29, 0.717) is 16.9 Å². The highest BCUT2D eigenvalue weighted by Crippen LogP contribution is 2.27. The van der Waals surface area contributed by atoms with Gasteiger partial charge in [-0.05, 0) is 54.4 Å². The van der Waals surface area contributed by atoms with Crippen molar-refractivity contribution in [1.29, 1.82) is 0 Å². The van der Waals surface area contributed by atoms with Gasteiger partial charge in [0.2, 0.25) is 0 Å². The van der Waals surface area contributed by atoms with Crippen LogP contribution in [0.4, 0.5) is 0 Å². The van der Waals surface area contributed by atoms with Gasteiger partial charge in [-0.25, -0.2) is 9.59 Å². The van der Waals surface area contributed by atoms with E-state index < -0.39 is 17.7 Å². The van der Waals surface area contributed by atoms with Crippen molar-refractivity contribution in [3.63, 3.8) is 0 Å². The van der Waals surface area contributed by atoms with Crippen LogP contribution in [0.5, 0.6) is 0 Å². The summed E-state index contributed by atoms with van der Waals surface area (Å²) in [5.74, 6) is -2.39. The summed E-state index contributed by atoms with van der Waals surface area (Å²) in [6, 6.07) is 10.6. The zero-order valence-electron chi connectivity index (χ0n) is 17.4. The average Bonchev–Trinajstić information content (AvgIpc) is 2.64. The summed E-state index contributed by atoms with van der Waals surface area (Å²) in [6.45, 7) is 8.93. The predicted molar refractivity (Wildman–Crippen MR) is 112 cm³/mol. The van der Waals surface area contributed by atoms with Gasteiger partial charge in [-0.1, -0.05) is 52.0 Å². The van der Waals surface area contributed by atoms with Gasteiger partial charge in [0.25, 0.3) is 0 Å². The Kier molecular flexibility index (Phi) is 6.96. The lowest BCUT2D eigenvalue weighted by Crippen LogP contribution is -2.12. The lowest BCUT2D eigenvalue weighted by Gasteiger charge is -2.23. The van der Waals surface area contributed by atoms with Crippen LogP contribution in [0.1, 0.15) is 82.7 Å². The third kappa shape index (κ3) is 6.28. The molecule has 0 heterocycles. The Morgan fingerprint density at radius 3 is 1.97 bits per heavy atom. The molecule has 0 aliphatic rings. The fourth-order valence-corrected chi connectivity index (χ4v) is 3.59. The fraction of sp³-hybridized carbons (Fsp3) is 0.375. The lowest BCUT2D eigenvalue weighted by molar-refractivity contribution is 0.0679. The zero-order valence-corrected chi connectivity index (χ0v) is 17.4. The summed E-state index contributed by atoms with van der Waals surface area (Å²) < 4.78 is 0. The number of carboxylic acids is 2. The zero-order chi connectivity index (χ0) is 21.8. The molecule has 2 rings (SSSR count). The number of hydrogen-bond acceptors (Lipinski definition) is 3. The molecular formula is C24H28O5. The SMILES string of the molecule is CC(CCc1ccc(C(=O)c2cc(C(=O)O)ccc2C(=O)O)cc1)CC(C)(C)C. The topological polar surface area (TPSA) is 91.7 Å². The Morgan fingerprint density at radius 2 is 1.45 bits per heavy atom. The first-order valence-corrected chi connectivity index (χ1v) is 9.72. The van der Waals surface area contributed by atoms with Gasteiger partial charge in [-0.3, -0.25) is 4.79 Å². The molecule has 0 aliphatic carbocycles. The minimum Gasteiger partial charge on any atom is -0.478 e. The Morgan fingerprint density at radius 1 is 0.862 bits per heavy atom. The minimum absolute atomic E-state index is 0.121. The molecule has 154 valence electrons. The molecule has 5 heteroatoms. The van der Waals surface area contributed by atoms with Crippen molar-refractivity contribution < 1.29 is 24.6 Å². The maximum absolute atomic E-state index is 12.8. The minimum atomic E-state index is -1.27. The second-order valence-corrected chi connectivity index (χ2v) is 8.81. The predicted octanol–water partition coefficient (Wildman–Crippen LogP) is 5.32. The molecular weight excluding hydrogens is 368 g/mol. The Balaban J connectivity index is 2.18. The smallest absolute Gasteiger partial charge is 0.336 e. The van der Waals surface area contributed by atoms with Gasteiger partial charge in [-0.2, -0.15) is 0 Å². The number of aryl methyl sites for hydroxylation is 1. The third-order valence-corrected chi connectivity index (χ3v) is 4.84. The van der Waals surface area contributed by atoms with Crippen LogP contribution in [0, 0.1) is 11.3 Å². The molecule has 2 N–H and O–H groups in total. The van der Waals surface area contributed by atoms with E-state index in [2.05, 4.69) is 27.7 Å². The van der Waals surface area contributed by atoms with E-state index in [9.17, 15) is 19.5 Å². The van der Waals surface area contributed by atoms with Gasteiger partial charge in [0.05, 0.1) is 11.1 Å². The first-order chi connectivity index (χ1) is 13.5. The number of ketones is 1. The van der Waals surface area contributed by atoms with E-state index in [4.69, 9.17) is 5.11 Å². The Bertz CT molecular complexity index is 904. The summed E-state index contributed by atoms with van der Waals surface area (Å²) >= 11 is 0. The van der Waals surface area contributed by atoms with Crippen LogP contribution in [-0.2, 0) is 6.42 Å². The molecule has 2 aromatic rings. The van der Waals surface area contributed by atoms with Gasteiger partial charge in [0, 0.05) is 11.1 Å². The molecule has 0 saturated carbocycles. The standard InChI is InChI=1S/C24H28O5/c1-15(14-24(2,3)4)5-6-16-7-9-17(10-8-16)21(25)20-13-18(22(26)27)11-12-19(20)23(28)29/h7-13,15H,5-6,14H2,1-4H3,(H,26,27)(H,28,29). The van der Waals surface area contributed by atoms with Crippen LogP contribution in [0.15, 0.2) is 42.5 Å². The van der Waals surface area contributed by atoms with Crippen LogP contribution in [-0.4, -0.2) is 27.9 Å². The lowest BCUT2D eigenvalue weighted by atomic mass is 9.83. The van der Waals surface area contributed by atoms with Gasteiger partial charge >= 0.3 is 11.9 Å². The highest BCUT2D eigenvalue weighted by Gasteiger charge is 2.20. The van der Waals surface area contributed by atoms with E-state index in [1.807, 2.05) is 12.1 Å². The molecule has 0 radical (unpaired) electrons. The van der Waals surface area contributed by atoms with E-state index in [1.54, 1.807) is 12.1 Å². The van der Waals surface area contributed by atoms with E-state index >= 15 is 0 Å². The van der Waals surface area contributed by atoms with Gasteiger partial charge in [0.1, 0.15) is 0 Å². The normalized spacial score (nSPS) is 12.4. The summed E-state index contributed by atoms with van der Waals surface area (Å²) in [6.07, 6.45) is 3.09. The number of benzene rings is 2. The second-order valence-electron chi connectivity index (χ2n) is 8.81. The molecule has 0 bridgehead atoms. The molecule has 0 aliphatic heterocycles. The largest absolute Gasteiger partial charge is 0.478 e. The number of aromatic carboxylic acids is 2. The number of carbonyl (C=O) groups excluding carboxylic acids is 1. The van der Waals surface area contributed by atoms with Crippen molar-refractivity contribution in [3.05, 3.63) is 70.3 Å². The summed E-state index contributed by atoms with van der Waals surface area (Å²) in [7, 11) is 0. The van der Waals surface area contributed by atoms with E-state index in [1.165, 1.54) is 6.07 Å². The molecule has 1 unspecified atom stereocenters. The second kappa shape index (κ2) is 9.03. The van der Waals surface area contributed by atoms with E-state index in [0.717, 1.165) is 37.0 Å². The van der Waals surface area contributed by atoms with Crippen LogP contribution < -0.4 is 0 Å². The van der Waals surface area contributed by atoms with Crippen LogP contribution in [0.2, 0.25) is 0 Å². The number of rotatable bonds is 8. The first kappa shape index (κ1) is 22.3. The van der Waals surface area contributed by atoms with Gasteiger partial charge in [-0.15, -0.1) is 0 Å². The van der Waals surface area contributed by atoms with Crippen LogP contribution >= 0.6 is 0 Å². The molecule has 1 atom stereocenters. The number of carbonyl (C=O) groups is 3. The van der Waals surface area contributed by atoms with Crippen molar-refractivity contribution in [3.8, 4) is 0 Å². The highest BCUT2D eigenvalue weighted by atomic mass is 16.4. The van der Waals surface area contributed by atoms with Crippen molar-refractivity contribution in [2.45, 2.75) is 47.0 Å². The highest BCUT2D eigenvalue weighted by molar-refractivity contribution is 6.15. The molecule has 2 aromatic carbocycles. The fourth-order valence-electron chi connectivity index (χ4n) is 3.59. The average molecular weight is 396 g/mol. The maximum Gasteiger partial charge on any atom is 0.336 e. The van der Waals surface area contributed by atoms with Gasteiger partial charge < -0.3 is 10.2 Å². The molecule has 0 saturated heterocycles. The monoisotopic (exact) mass is 396 g/mol. The number of hydrogen-bond donors (Lipinski definition) is 2. The molecule has 0 aromatic heterocycles. The van der Waals surface area contributed by atoms with Crippen molar-refractivity contribution in [1.82, 2.24) is 0 Å². The van der Waals surface area contributed by atoms with Crippen LogP contribution in [0.25, 0.3) is 0 Å². The van der Waals surface area contributed by atoms with Crippen molar-refractivity contribution in [2.75, 3.05) is 0 Å². The summed E-state index contributed by atoms with van der Waals surface area (Å²) in [5.41, 5.74) is 1.29. The summed E-state index contributed by atoms with van der Waals surface area (Å²) in [5, 5.41) is 18.5. The first-order valence-electron chi connectivity index (χ1n) is 9.72. The third-order valence-electron chi connectivity index (χ3n) is 4.84. The quantitative estimate of drug-likeness (QED) is 0.589. The molecule has 5 nitrogen and oxygen atoms in total.